The first kappa shape index (κ1) is 17.4. The molecule has 0 amide bonds. The second-order valence-electron chi connectivity index (χ2n) is 4.79. The SMILES string of the molecule is C[C@H](NCC(C)(C)O)C(=O)c1cccc(Cl)c1.Cl. The van der Waals surface area contributed by atoms with E-state index in [2.05, 4.69) is 5.32 Å². The standard InChI is InChI=1S/C13H18ClNO2.ClH/c1-9(15-8-13(2,3)17)12(16)10-5-4-6-11(14)7-10;/h4-7,9,15,17H,8H2,1-3H3;1H/t9-;/m0./s1. The monoisotopic (exact) mass is 291 g/mol. The van der Waals surface area contributed by atoms with Crippen molar-refractivity contribution in [3.63, 3.8) is 0 Å². The Balaban J connectivity index is 0.00000289. The number of nitrogens with one attached hydrogen (secondary N) is 1. The number of carbonyl (C=O) groups is 1. The van der Waals surface area contributed by atoms with Gasteiger partial charge in [-0.25, -0.2) is 0 Å². The Hall–Kier alpha value is -0.610. The maximum Gasteiger partial charge on any atom is 0.179 e. The molecule has 1 aromatic carbocycles. The van der Waals surface area contributed by atoms with Crippen molar-refractivity contribution in [2.45, 2.75) is 32.4 Å². The van der Waals surface area contributed by atoms with Crippen molar-refractivity contribution in [2.75, 3.05) is 6.54 Å². The first-order chi connectivity index (χ1) is 7.79. The maximum atomic E-state index is 12.0. The van der Waals surface area contributed by atoms with Crippen LogP contribution in [0.25, 0.3) is 0 Å². The number of hydrogen-bond donors (Lipinski definition) is 2. The lowest BCUT2D eigenvalue weighted by atomic mass is 10.0. The molecule has 5 heteroatoms. The van der Waals surface area contributed by atoms with E-state index >= 15 is 0 Å². The molecule has 1 atom stereocenters. The Morgan fingerprint density at radius 3 is 2.61 bits per heavy atom. The second-order valence-corrected chi connectivity index (χ2v) is 5.23. The van der Waals surface area contributed by atoms with Gasteiger partial charge in [0.25, 0.3) is 0 Å². The summed E-state index contributed by atoms with van der Waals surface area (Å²) >= 11 is 5.83. The molecule has 0 unspecified atom stereocenters. The van der Waals surface area contributed by atoms with Crippen molar-refractivity contribution in [1.82, 2.24) is 5.32 Å². The normalized spacial score (nSPS) is 12.7. The molecule has 0 aliphatic carbocycles. The minimum Gasteiger partial charge on any atom is -0.389 e. The number of rotatable bonds is 5. The van der Waals surface area contributed by atoms with Gasteiger partial charge in [-0.1, -0.05) is 23.7 Å². The van der Waals surface area contributed by atoms with E-state index in [1.807, 2.05) is 0 Å². The van der Waals surface area contributed by atoms with Gasteiger partial charge in [0, 0.05) is 17.1 Å². The molecule has 3 nitrogen and oxygen atoms in total. The van der Waals surface area contributed by atoms with Crippen LogP contribution in [-0.4, -0.2) is 29.1 Å². The third-order valence-corrected chi connectivity index (χ3v) is 2.58. The summed E-state index contributed by atoms with van der Waals surface area (Å²) in [7, 11) is 0. The van der Waals surface area contributed by atoms with Crippen LogP contribution in [0, 0.1) is 0 Å². The zero-order valence-corrected chi connectivity index (χ0v) is 12.3. The lowest BCUT2D eigenvalue weighted by molar-refractivity contribution is 0.0734. The Bertz CT molecular complexity index is 402. The van der Waals surface area contributed by atoms with Crippen LogP contribution >= 0.6 is 24.0 Å². The van der Waals surface area contributed by atoms with Crippen LogP contribution in [-0.2, 0) is 0 Å². The van der Waals surface area contributed by atoms with Crippen LogP contribution < -0.4 is 5.32 Å². The largest absolute Gasteiger partial charge is 0.389 e. The molecule has 0 radical (unpaired) electrons. The molecule has 0 bridgehead atoms. The van der Waals surface area contributed by atoms with Gasteiger partial charge in [-0.05, 0) is 32.9 Å². The van der Waals surface area contributed by atoms with E-state index in [0.29, 0.717) is 17.1 Å². The third kappa shape index (κ3) is 5.83. The van der Waals surface area contributed by atoms with Crippen molar-refractivity contribution >= 4 is 29.8 Å². The fraction of sp³-hybridized carbons (Fsp3) is 0.462. The fourth-order valence-corrected chi connectivity index (χ4v) is 1.58. The molecule has 102 valence electrons. The minimum absolute atomic E-state index is 0. The molecule has 18 heavy (non-hydrogen) atoms. The van der Waals surface area contributed by atoms with Crippen LogP contribution in [0.4, 0.5) is 0 Å². The highest BCUT2D eigenvalue weighted by Crippen LogP contribution is 2.12. The third-order valence-electron chi connectivity index (χ3n) is 2.34. The molecule has 0 aromatic heterocycles. The Kier molecular flexibility index (Phi) is 6.86. The topological polar surface area (TPSA) is 49.3 Å². The fourth-order valence-electron chi connectivity index (χ4n) is 1.39. The number of aliphatic hydroxyl groups is 1. The van der Waals surface area contributed by atoms with Gasteiger partial charge < -0.3 is 10.4 Å². The molecule has 0 fully saturated rings. The molecule has 0 saturated carbocycles. The molecule has 2 N–H and O–H groups in total. The van der Waals surface area contributed by atoms with Crippen molar-refractivity contribution in [3.05, 3.63) is 34.9 Å². The summed E-state index contributed by atoms with van der Waals surface area (Å²) in [6.07, 6.45) is 0. The molecule has 0 aliphatic heterocycles. The molecule has 1 aromatic rings. The van der Waals surface area contributed by atoms with E-state index in [-0.39, 0.29) is 24.2 Å². The van der Waals surface area contributed by atoms with Crippen LogP contribution in [0.15, 0.2) is 24.3 Å². The summed E-state index contributed by atoms with van der Waals surface area (Å²) in [5.41, 5.74) is -0.253. The highest BCUT2D eigenvalue weighted by molar-refractivity contribution is 6.31. The van der Waals surface area contributed by atoms with Gasteiger partial charge >= 0.3 is 0 Å². The number of hydrogen-bond acceptors (Lipinski definition) is 3. The Morgan fingerprint density at radius 1 is 1.50 bits per heavy atom. The Labute approximate surface area is 119 Å². The summed E-state index contributed by atoms with van der Waals surface area (Å²) in [5.74, 6) is -0.0308. The predicted octanol–water partition coefficient (Wildman–Crippen LogP) is 2.69. The second kappa shape index (κ2) is 7.10. The Morgan fingerprint density at radius 2 is 2.11 bits per heavy atom. The molecule has 0 spiro atoms. The first-order valence-corrected chi connectivity index (χ1v) is 5.93. The number of halogens is 2. The van der Waals surface area contributed by atoms with Gasteiger partial charge in [-0.3, -0.25) is 4.79 Å². The molecular weight excluding hydrogens is 273 g/mol. The quantitative estimate of drug-likeness (QED) is 0.820. The van der Waals surface area contributed by atoms with Gasteiger partial charge in [0.05, 0.1) is 11.6 Å². The van der Waals surface area contributed by atoms with Crippen LogP contribution in [0.3, 0.4) is 0 Å². The number of carbonyl (C=O) groups excluding carboxylic acids is 1. The van der Waals surface area contributed by atoms with Gasteiger partial charge in [0.2, 0.25) is 0 Å². The summed E-state index contributed by atoms with van der Waals surface area (Å²) in [6, 6.07) is 6.51. The molecule has 1 rings (SSSR count). The van der Waals surface area contributed by atoms with Gasteiger partial charge in [0.15, 0.2) is 5.78 Å². The van der Waals surface area contributed by atoms with Crippen molar-refractivity contribution < 1.29 is 9.90 Å². The highest BCUT2D eigenvalue weighted by Gasteiger charge is 2.19. The van der Waals surface area contributed by atoms with Crippen molar-refractivity contribution in [2.24, 2.45) is 0 Å². The minimum atomic E-state index is -0.830. The van der Waals surface area contributed by atoms with Crippen molar-refractivity contribution in [3.8, 4) is 0 Å². The summed E-state index contributed by atoms with van der Waals surface area (Å²) in [5, 5.41) is 13.1. The van der Waals surface area contributed by atoms with E-state index < -0.39 is 5.60 Å². The average Bonchev–Trinajstić information content (AvgIpc) is 2.24. The van der Waals surface area contributed by atoms with Crippen LogP contribution in [0.2, 0.25) is 5.02 Å². The highest BCUT2D eigenvalue weighted by atomic mass is 35.5. The van der Waals surface area contributed by atoms with E-state index in [9.17, 15) is 9.90 Å². The van der Waals surface area contributed by atoms with Gasteiger partial charge in [0.1, 0.15) is 0 Å². The summed E-state index contributed by atoms with van der Waals surface area (Å²) in [4.78, 5) is 12.0. The number of Topliss-reactive ketones (excluding diaryl/α,β-unsaturated/α-hetero) is 1. The molecule has 0 heterocycles. The first-order valence-electron chi connectivity index (χ1n) is 5.55. The predicted molar refractivity (Wildman–Crippen MR) is 76.8 cm³/mol. The number of ketones is 1. The molecule has 0 aliphatic rings. The number of benzene rings is 1. The lowest BCUT2D eigenvalue weighted by Gasteiger charge is -2.21. The summed E-state index contributed by atoms with van der Waals surface area (Å²) in [6.45, 7) is 5.52. The van der Waals surface area contributed by atoms with Crippen molar-refractivity contribution in [1.29, 1.82) is 0 Å². The zero-order valence-electron chi connectivity index (χ0n) is 10.7. The maximum absolute atomic E-state index is 12.0. The van der Waals surface area contributed by atoms with E-state index in [1.54, 1.807) is 45.0 Å². The van der Waals surface area contributed by atoms with E-state index in [0.717, 1.165) is 0 Å². The van der Waals surface area contributed by atoms with E-state index in [4.69, 9.17) is 11.6 Å². The van der Waals surface area contributed by atoms with Crippen LogP contribution in [0.1, 0.15) is 31.1 Å². The van der Waals surface area contributed by atoms with Gasteiger partial charge in [-0.15, -0.1) is 12.4 Å². The van der Waals surface area contributed by atoms with E-state index in [1.165, 1.54) is 0 Å². The average molecular weight is 292 g/mol. The van der Waals surface area contributed by atoms with Gasteiger partial charge in [-0.2, -0.15) is 0 Å². The zero-order chi connectivity index (χ0) is 13.1. The lowest BCUT2D eigenvalue weighted by Crippen LogP contribution is -2.42. The van der Waals surface area contributed by atoms with Crippen LogP contribution in [0.5, 0.6) is 0 Å². The molecular formula is C13H19Cl2NO2. The molecule has 0 saturated heterocycles. The smallest absolute Gasteiger partial charge is 0.179 e. The summed E-state index contributed by atoms with van der Waals surface area (Å²) < 4.78 is 0.